The minimum absolute atomic E-state index is 0.0193. The average molecular weight is 321 g/mol. The molecule has 1 aliphatic carbocycles. The van der Waals surface area contributed by atoms with Gasteiger partial charge in [0.2, 0.25) is 17.7 Å². The van der Waals surface area contributed by atoms with Crippen LogP contribution in [0.15, 0.2) is 0 Å². The van der Waals surface area contributed by atoms with Crippen molar-refractivity contribution in [3.05, 3.63) is 0 Å². The first kappa shape index (κ1) is 16.3. The van der Waals surface area contributed by atoms with Crippen molar-refractivity contribution in [2.45, 2.75) is 58.0 Å². The summed E-state index contributed by atoms with van der Waals surface area (Å²) in [5.41, 5.74) is -0.931. The Morgan fingerprint density at radius 2 is 1.96 bits per heavy atom. The van der Waals surface area contributed by atoms with Crippen molar-refractivity contribution in [3.63, 3.8) is 0 Å². The van der Waals surface area contributed by atoms with Crippen LogP contribution < -0.4 is 5.32 Å². The van der Waals surface area contributed by atoms with Crippen LogP contribution in [0.25, 0.3) is 0 Å². The zero-order chi connectivity index (χ0) is 16.8. The molecule has 3 aliphatic rings. The van der Waals surface area contributed by atoms with Gasteiger partial charge in [-0.3, -0.25) is 14.4 Å². The fraction of sp³-hybridized carbons (Fsp3) is 0.824. The number of hydrogen-bond acceptors (Lipinski definition) is 3. The molecule has 2 aliphatic heterocycles. The summed E-state index contributed by atoms with van der Waals surface area (Å²) in [6.07, 6.45) is 4.57. The van der Waals surface area contributed by atoms with Gasteiger partial charge in [0.05, 0.1) is 6.04 Å². The third-order valence-electron chi connectivity index (χ3n) is 5.99. The molecule has 4 atom stereocenters. The van der Waals surface area contributed by atoms with Crippen LogP contribution in [0.3, 0.4) is 0 Å². The van der Waals surface area contributed by atoms with Crippen LogP contribution in [0.5, 0.6) is 0 Å². The molecule has 2 heterocycles. The standard InChI is InChI=1S/C17H27N3O3/c1-11(21)18-13-5-4-12-6-8-20(14(13)10-12)16(23)17(2)7-9-19(3)15(17)22/h12-14H,4-10H2,1-3H3,(H,18,21). The van der Waals surface area contributed by atoms with Gasteiger partial charge in [-0.05, 0) is 44.9 Å². The molecule has 0 aromatic rings. The van der Waals surface area contributed by atoms with E-state index in [-0.39, 0.29) is 29.8 Å². The van der Waals surface area contributed by atoms with Crippen molar-refractivity contribution >= 4 is 17.7 Å². The number of piperidine rings is 1. The Morgan fingerprint density at radius 1 is 1.22 bits per heavy atom. The largest absolute Gasteiger partial charge is 0.352 e. The van der Waals surface area contributed by atoms with E-state index in [1.54, 1.807) is 18.9 Å². The Balaban J connectivity index is 1.81. The van der Waals surface area contributed by atoms with E-state index in [0.717, 1.165) is 25.7 Å². The second kappa shape index (κ2) is 5.80. The molecule has 23 heavy (non-hydrogen) atoms. The maximum Gasteiger partial charge on any atom is 0.238 e. The molecule has 0 aromatic heterocycles. The van der Waals surface area contributed by atoms with E-state index < -0.39 is 5.41 Å². The molecule has 4 unspecified atom stereocenters. The molecule has 3 fully saturated rings. The van der Waals surface area contributed by atoms with Crippen LogP contribution in [0.4, 0.5) is 0 Å². The van der Waals surface area contributed by atoms with Crippen molar-refractivity contribution in [2.24, 2.45) is 11.3 Å². The van der Waals surface area contributed by atoms with Gasteiger partial charge in [0.15, 0.2) is 0 Å². The quantitative estimate of drug-likeness (QED) is 0.764. The van der Waals surface area contributed by atoms with Gasteiger partial charge in [-0.1, -0.05) is 0 Å². The summed E-state index contributed by atoms with van der Waals surface area (Å²) in [5, 5.41) is 3.02. The normalized spacial score (nSPS) is 37.0. The molecular weight excluding hydrogens is 294 g/mol. The Morgan fingerprint density at radius 3 is 2.57 bits per heavy atom. The van der Waals surface area contributed by atoms with Crippen molar-refractivity contribution in [2.75, 3.05) is 20.1 Å². The predicted octanol–water partition coefficient (Wildman–Crippen LogP) is 0.761. The average Bonchev–Trinajstić information content (AvgIpc) is 2.78. The summed E-state index contributed by atoms with van der Waals surface area (Å²) in [5.74, 6) is 0.474. The monoisotopic (exact) mass is 321 g/mol. The molecule has 0 spiro atoms. The van der Waals surface area contributed by atoms with Gasteiger partial charge >= 0.3 is 0 Å². The van der Waals surface area contributed by atoms with E-state index in [1.165, 1.54) is 6.92 Å². The lowest BCUT2D eigenvalue weighted by atomic mass is 9.75. The lowest BCUT2D eigenvalue weighted by molar-refractivity contribution is -0.155. The number of hydrogen-bond donors (Lipinski definition) is 1. The van der Waals surface area contributed by atoms with Gasteiger partial charge in [0.1, 0.15) is 5.41 Å². The van der Waals surface area contributed by atoms with Gasteiger partial charge in [-0.2, -0.15) is 0 Å². The number of rotatable bonds is 2. The zero-order valence-corrected chi connectivity index (χ0v) is 14.3. The maximum atomic E-state index is 13.2. The molecule has 0 aromatic carbocycles. The predicted molar refractivity (Wildman–Crippen MR) is 85.4 cm³/mol. The molecule has 3 amide bonds. The highest BCUT2D eigenvalue weighted by Gasteiger charge is 2.52. The minimum Gasteiger partial charge on any atom is -0.352 e. The van der Waals surface area contributed by atoms with E-state index in [2.05, 4.69) is 5.32 Å². The molecule has 2 bridgehead atoms. The Hall–Kier alpha value is -1.59. The van der Waals surface area contributed by atoms with Crippen LogP contribution in [-0.4, -0.2) is 59.7 Å². The van der Waals surface area contributed by atoms with Crippen LogP contribution >= 0.6 is 0 Å². The van der Waals surface area contributed by atoms with Crippen molar-refractivity contribution in [1.82, 2.24) is 15.1 Å². The zero-order valence-electron chi connectivity index (χ0n) is 14.3. The van der Waals surface area contributed by atoms with Gasteiger partial charge in [-0.25, -0.2) is 0 Å². The van der Waals surface area contributed by atoms with Gasteiger partial charge in [-0.15, -0.1) is 0 Å². The van der Waals surface area contributed by atoms with E-state index in [9.17, 15) is 14.4 Å². The first-order chi connectivity index (χ1) is 10.8. The van der Waals surface area contributed by atoms with Crippen LogP contribution in [-0.2, 0) is 14.4 Å². The minimum atomic E-state index is -0.931. The van der Waals surface area contributed by atoms with Gasteiger partial charge in [0, 0.05) is 33.1 Å². The molecule has 6 heteroatoms. The van der Waals surface area contributed by atoms with Crippen molar-refractivity contribution < 1.29 is 14.4 Å². The Bertz CT molecular complexity index is 535. The Labute approximate surface area is 137 Å². The summed E-state index contributed by atoms with van der Waals surface area (Å²) in [7, 11) is 1.76. The van der Waals surface area contributed by atoms with E-state index in [4.69, 9.17) is 0 Å². The van der Waals surface area contributed by atoms with Crippen LogP contribution in [0.1, 0.15) is 46.0 Å². The first-order valence-corrected chi connectivity index (χ1v) is 8.66. The number of amides is 3. The first-order valence-electron chi connectivity index (χ1n) is 8.66. The second-order valence-electron chi connectivity index (χ2n) is 7.65. The number of nitrogens with one attached hydrogen (secondary N) is 1. The third-order valence-corrected chi connectivity index (χ3v) is 5.99. The number of fused-ring (bicyclic) bond motifs is 2. The third kappa shape index (κ3) is 2.72. The molecule has 6 nitrogen and oxygen atoms in total. The second-order valence-corrected chi connectivity index (χ2v) is 7.65. The number of carbonyl (C=O) groups excluding carboxylic acids is 3. The summed E-state index contributed by atoms with van der Waals surface area (Å²) in [6, 6.07) is 0.0558. The maximum absolute atomic E-state index is 13.2. The van der Waals surface area contributed by atoms with Crippen molar-refractivity contribution in [3.8, 4) is 0 Å². The molecular formula is C17H27N3O3. The van der Waals surface area contributed by atoms with E-state index >= 15 is 0 Å². The summed E-state index contributed by atoms with van der Waals surface area (Å²) in [4.78, 5) is 40.7. The molecule has 3 rings (SSSR count). The summed E-state index contributed by atoms with van der Waals surface area (Å²) >= 11 is 0. The topological polar surface area (TPSA) is 69.7 Å². The fourth-order valence-electron chi connectivity index (χ4n) is 4.54. The number of likely N-dealkylation sites (tertiary alicyclic amines) is 2. The fourth-order valence-corrected chi connectivity index (χ4v) is 4.54. The van der Waals surface area contributed by atoms with Crippen LogP contribution in [0, 0.1) is 11.3 Å². The van der Waals surface area contributed by atoms with Crippen LogP contribution in [0.2, 0.25) is 0 Å². The smallest absolute Gasteiger partial charge is 0.238 e. The molecule has 0 radical (unpaired) electrons. The Kier molecular flexibility index (Phi) is 4.10. The van der Waals surface area contributed by atoms with E-state index in [1.807, 2.05) is 4.90 Å². The number of nitrogens with zero attached hydrogens (tertiary/aromatic N) is 2. The van der Waals surface area contributed by atoms with E-state index in [0.29, 0.717) is 25.4 Å². The highest BCUT2D eigenvalue weighted by Crippen LogP contribution is 2.39. The lowest BCUT2D eigenvalue weighted by Gasteiger charge is -2.49. The SMILES string of the molecule is CC(=O)NC1CCC2CCN(C(=O)C3(C)CCN(C)C3=O)C1C2. The highest BCUT2D eigenvalue weighted by atomic mass is 16.2. The summed E-state index contributed by atoms with van der Waals surface area (Å²) in [6.45, 7) is 4.65. The molecule has 128 valence electrons. The van der Waals surface area contributed by atoms with Gasteiger partial charge < -0.3 is 15.1 Å². The molecule has 2 saturated heterocycles. The summed E-state index contributed by atoms with van der Waals surface area (Å²) < 4.78 is 0. The molecule has 1 N–H and O–H groups in total. The van der Waals surface area contributed by atoms with Crippen molar-refractivity contribution in [1.29, 1.82) is 0 Å². The lowest BCUT2D eigenvalue weighted by Crippen LogP contribution is -2.61. The molecule has 1 saturated carbocycles. The number of carbonyl (C=O) groups is 3. The van der Waals surface area contributed by atoms with Gasteiger partial charge in [0.25, 0.3) is 0 Å². The highest BCUT2D eigenvalue weighted by molar-refractivity contribution is 6.06.